The number of nitrogens with one attached hydrogen (secondary N) is 1. The molecule has 1 unspecified atom stereocenters. The Hall–Kier alpha value is -1.82. The van der Waals surface area contributed by atoms with Gasteiger partial charge in [-0.3, -0.25) is 4.90 Å². The molecule has 1 aliphatic heterocycles. The zero-order valence-corrected chi connectivity index (χ0v) is 12.9. The van der Waals surface area contributed by atoms with Crippen LogP contribution in [0, 0.1) is 0 Å². The molecule has 0 bridgehead atoms. The first-order valence-electron chi connectivity index (χ1n) is 7.32. The van der Waals surface area contributed by atoms with Gasteiger partial charge in [-0.2, -0.15) is 0 Å². The Morgan fingerprint density at radius 2 is 2.29 bits per heavy atom. The van der Waals surface area contributed by atoms with E-state index in [9.17, 15) is 4.79 Å². The molecule has 6 nitrogen and oxygen atoms in total. The molecule has 1 aromatic rings. The van der Waals surface area contributed by atoms with Gasteiger partial charge in [-0.25, -0.2) is 9.78 Å². The molecule has 6 heteroatoms. The number of amides is 1. The molecule has 116 valence electrons. The predicted molar refractivity (Wildman–Crippen MR) is 82.2 cm³/mol. The third-order valence-corrected chi connectivity index (χ3v) is 3.54. The smallest absolute Gasteiger partial charge is 0.394 e. The Kier molecular flexibility index (Phi) is 4.67. The lowest BCUT2D eigenvalue weighted by Crippen LogP contribution is -2.57. The maximum Gasteiger partial charge on any atom is 0.417 e. The van der Waals surface area contributed by atoms with Crippen molar-refractivity contribution in [1.82, 2.24) is 15.2 Å². The van der Waals surface area contributed by atoms with Gasteiger partial charge < -0.3 is 15.8 Å². The molecule has 1 fully saturated rings. The van der Waals surface area contributed by atoms with E-state index in [0.717, 1.165) is 25.9 Å². The fourth-order valence-electron chi connectivity index (χ4n) is 2.64. The Bertz CT molecular complexity index is 493. The highest BCUT2D eigenvalue weighted by Gasteiger charge is 2.35. The number of nitrogens with two attached hydrogens (primary N) is 1. The summed E-state index contributed by atoms with van der Waals surface area (Å²) in [5.74, 6) is 0.167. The molecule has 1 atom stereocenters. The van der Waals surface area contributed by atoms with Gasteiger partial charge in [0.15, 0.2) is 0 Å². The highest BCUT2D eigenvalue weighted by atomic mass is 16.6. The second-order valence-electron chi connectivity index (χ2n) is 6.31. The van der Waals surface area contributed by atoms with Gasteiger partial charge in [-0.15, -0.1) is 0 Å². The van der Waals surface area contributed by atoms with Crippen molar-refractivity contribution in [3.05, 3.63) is 18.3 Å². The topological polar surface area (TPSA) is 80.5 Å². The summed E-state index contributed by atoms with van der Waals surface area (Å²) in [7, 11) is 0. The fourth-order valence-corrected chi connectivity index (χ4v) is 2.64. The minimum atomic E-state index is -0.401. The molecular formula is C15H24N4O2. The Balaban J connectivity index is 2.16. The molecule has 2 heterocycles. The van der Waals surface area contributed by atoms with Crippen LogP contribution in [0.1, 0.15) is 33.6 Å². The average Bonchev–Trinajstić information content (AvgIpc) is 2.41. The van der Waals surface area contributed by atoms with E-state index in [1.165, 1.54) is 0 Å². The van der Waals surface area contributed by atoms with Crippen molar-refractivity contribution in [1.29, 1.82) is 0 Å². The number of piperidine rings is 1. The van der Waals surface area contributed by atoms with Crippen molar-refractivity contribution >= 4 is 11.8 Å². The molecule has 1 saturated heterocycles. The summed E-state index contributed by atoms with van der Waals surface area (Å²) in [5, 5.41) is 3.33. The van der Waals surface area contributed by atoms with Crippen molar-refractivity contribution in [3.63, 3.8) is 0 Å². The number of pyridine rings is 1. The lowest BCUT2D eigenvalue weighted by Gasteiger charge is -2.42. The van der Waals surface area contributed by atoms with E-state index in [2.05, 4.69) is 10.3 Å². The first kappa shape index (κ1) is 15.6. The van der Waals surface area contributed by atoms with Crippen LogP contribution in [0.2, 0.25) is 0 Å². The van der Waals surface area contributed by atoms with Crippen LogP contribution in [0.15, 0.2) is 18.3 Å². The maximum atomic E-state index is 12.6. The third kappa shape index (κ3) is 3.85. The minimum absolute atomic E-state index is 0.121. The van der Waals surface area contributed by atoms with Gasteiger partial charge in [0.2, 0.25) is 5.88 Å². The van der Waals surface area contributed by atoms with Gasteiger partial charge in [-0.05, 0) is 52.3 Å². The van der Waals surface area contributed by atoms with Gasteiger partial charge in [0.25, 0.3) is 0 Å². The highest BCUT2D eigenvalue weighted by molar-refractivity contribution is 5.73. The van der Waals surface area contributed by atoms with Crippen LogP contribution in [-0.2, 0) is 0 Å². The number of anilines is 1. The maximum absolute atomic E-state index is 12.6. The number of hydrogen-bond acceptors (Lipinski definition) is 5. The summed E-state index contributed by atoms with van der Waals surface area (Å²) in [5.41, 5.74) is 5.82. The van der Waals surface area contributed by atoms with E-state index in [-0.39, 0.29) is 17.5 Å². The number of hydrogen-bond donors (Lipinski definition) is 2. The van der Waals surface area contributed by atoms with E-state index in [1.807, 2.05) is 20.8 Å². The zero-order valence-electron chi connectivity index (χ0n) is 12.9. The van der Waals surface area contributed by atoms with Crippen molar-refractivity contribution in [2.24, 2.45) is 0 Å². The Morgan fingerprint density at radius 1 is 1.52 bits per heavy atom. The lowest BCUT2D eigenvalue weighted by atomic mass is 9.99. The zero-order chi connectivity index (χ0) is 15.5. The monoisotopic (exact) mass is 292 g/mol. The Morgan fingerprint density at radius 3 is 2.86 bits per heavy atom. The van der Waals surface area contributed by atoms with E-state index in [4.69, 9.17) is 10.5 Å². The van der Waals surface area contributed by atoms with Crippen molar-refractivity contribution < 1.29 is 9.53 Å². The highest BCUT2D eigenvalue weighted by Crippen LogP contribution is 2.24. The Labute approximate surface area is 125 Å². The van der Waals surface area contributed by atoms with Crippen molar-refractivity contribution in [2.45, 2.75) is 45.2 Å². The second-order valence-corrected chi connectivity index (χ2v) is 6.31. The molecular weight excluding hydrogens is 268 g/mol. The standard InChI is InChI=1S/C15H24N4O2/c1-15(2,3)19(11-6-4-8-17-10-11)14(20)21-13-12(16)7-5-9-18-13/h5,7,9,11,17H,4,6,8,10,16H2,1-3H3. The molecule has 3 N–H and O–H groups in total. The second kappa shape index (κ2) is 6.30. The summed E-state index contributed by atoms with van der Waals surface area (Å²) in [6.45, 7) is 7.79. The quantitative estimate of drug-likeness (QED) is 0.871. The van der Waals surface area contributed by atoms with Crippen LogP contribution in [0.3, 0.4) is 0 Å². The minimum Gasteiger partial charge on any atom is -0.394 e. The summed E-state index contributed by atoms with van der Waals surface area (Å²) in [6.07, 6.45) is 3.18. The third-order valence-electron chi connectivity index (χ3n) is 3.54. The van der Waals surface area contributed by atoms with Crippen LogP contribution >= 0.6 is 0 Å². The van der Waals surface area contributed by atoms with Crippen LogP contribution in [-0.4, -0.2) is 40.6 Å². The normalized spacial score (nSPS) is 19.1. The van der Waals surface area contributed by atoms with E-state index >= 15 is 0 Å². The van der Waals surface area contributed by atoms with E-state index < -0.39 is 6.09 Å². The largest absolute Gasteiger partial charge is 0.417 e. The first-order valence-corrected chi connectivity index (χ1v) is 7.32. The molecule has 1 aromatic heterocycles. The summed E-state index contributed by atoms with van der Waals surface area (Å²) >= 11 is 0. The van der Waals surface area contributed by atoms with Crippen LogP contribution in [0.5, 0.6) is 5.88 Å². The molecule has 0 aliphatic carbocycles. The van der Waals surface area contributed by atoms with E-state index in [0.29, 0.717) is 5.69 Å². The molecule has 1 amide bonds. The molecule has 0 aromatic carbocycles. The van der Waals surface area contributed by atoms with E-state index in [1.54, 1.807) is 23.2 Å². The predicted octanol–water partition coefficient (Wildman–Crippen LogP) is 2.02. The van der Waals surface area contributed by atoms with Crippen LogP contribution in [0.4, 0.5) is 10.5 Å². The molecule has 0 spiro atoms. The van der Waals surface area contributed by atoms with Crippen LogP contribution < -0.4 is 15.8 Å². The number of carbonyl (C=O) groups excluding carboxylic acids is 1. The first-order chi connectivity index (χ1) is 9.89. The van der Waals surface area contributed by atoms with Gasteiger partial charge in [0.05, 0.1) is 5.69 Å². The van der Waals surface area contributed by atoms with Gasteiger partial charge >= 0.3 is 6.09 Å². The van der Waals surface area contributed by atoms with Gasteiger partial charge in [-0.1, -0.05) is 0 Å². The summed E-state index contributed by atoms with van der Waals surface area (Å²) in [6, 6.07) is 3.49. The summed E-state index contributed by atoms with van der Waals surface area (Å²) in [4.78, 5) is 18.4. The van der Waals surface area contributed by atoms with Gasteiger partial charge in [0, 0.05) is 24.3 Å². The molecule has 21 heavy (non-hydrogen) atoms. The van der Waals surface area contributed by atoms with Crippen molar-refractivity contribution in [2.75, 3.05) is 18.8 Å². The van der Waals surface area contributed by atoms with Crippen LogP contribution in [0.25, 0.3) is 0 Å². The summed E-state index contributed by atoms with van der Waals surface area (Å²) < 4.78 is 5.41. The SMILES string of the molecule is CC(C)(C)N(C(=O)Oc1ncccc1N)C1CCCNC1. The fraction of sp³-hybridized carbons (Fsp3) is 0.600. The number of aromatic nitrogens is 1. The van der Waals surface area contributed by atoms with Gasteiger partial charge in [0.1, 0.15) is 0 Å². The number of nitrogen functional groups attached to an aromatic ring is 1. The molecule has 0 radical (unpaired) electrons. The number of ether oxygens (including phenoxy) is 1. The number of rotatable bonds is 2. The number of nitrogens with zero attached hydrogens (tertiary/aromatic N) is 2. The lowest BCUT2D eigenvalue weighted by molar-refractivity contribution is 0.0657. The average molecular weight is 292 g/mol. The molecule has 1 aliphatic rings. The number of carbonyl (C=O) groups is 1. The van der Waals surface area contributed by atoms with Crippen molar-refractivity contribution in [3.8, 4) is 5.88 Å². The molecule has 2 rings (SSSR count). The molecule has 0 saturated carbocycles.